The van der Waals surface area contributed by atoms with Crippen LogP contribution in [0.4, 0.5) is 0 Å². The Bertz CT molecular complexity index is 3150. The molecule has 238 valence electrons. The van der Waals surface area contributed by atoms with E-state index in [-0.39, 0.29) is 0 Å². The minimum absolute atomic E-state index is 0.531. The van der Waals surface area contributed by atoms with Crippen molar-refractivity contribution in [3.05, 3.63) is 158 Å². The number of rotatable bonds is 4. The first-order valence-electron chi connectivity index (χ1n) is 16.9. The van der Waals surface area contributed by atoms with Gasteiger partial charge in [0.1, 0.15) is 22.3 Å². The van der Waals surface area contributed by atoms with Gasteiger partial charge in [-0.25, -0.2) is 15.0 Å². The van der Waals surface area contributed by atoms with Crippen LogP contribution in [0, 0.1) is 0 Å². The van der Waals surface area contributed by atoms with Crippen LogP contribution in [0.1, 0.15) is 0 Å². The number of hydrogen-bond acceptors (Lipinski definition) is 5. The Morgan fingerprint density at radius 3 is 1.80 bits per heavy atom. The Kier molecular flexibility index (Phi) is 5.86. The normalized spacial score (nSPS) is 11.9. The zero-order chi connectivity index (χ0) is 33.5. The van der Waals surface area contributed by atoms with Gasteiger partial charge in [0.05, 0.1) is 16.6 Å². The van der Waals surface area contributed by atoms with Crippen molar-refractivity contribution >= 4 is 65.7 Å². The van der Waals surface area contributed by atoms with E-state index in [0.717, 1.165) is 88.1 Å². The molecule has 6 nitrogen and oxygen atoms in total. The minimum Gasteiger partial charge on any atom is -0.456 e. The smallest absolute Gasteiger partial charge is 0.167 e. The molecule has 0 unspecified atom stereocenters. The molecule has 6 heteroatoms. The monoisotopic (exact) mass is 654 g/mol. The van der Waals surface area contributed by atoms with Crippen LogP contribution in [0.15, 0.2) is 167 Å². The van der Waals surface area contributed by atoms with E-state index in [4.69, 9.17) is 23.8 Å². The molecule has 0 amide bonds. The Morgan fingerprint density at radius 1 is 0.392 bits per heavy atom. The molecular weight excluding hydrogens is 629 g/mol. The predicted octanol–water partition coefficient (Wildman–Crippen LogP) is 11.8. The van der Waals surface area contributed by atoms with Gasteiger partial charge in [0, 0.05) is 49.1 Å². The average molecular weight is 655 g/mol. The maximum Gasteiger partial charge on any atom is 0.167 e. The fraction of sp³-hybridized carbons (Fsp3) is 0. The summed E-state index contributed by atoms with van der Waals surface area (Å²) in [5.74, 6) is 1.65. The summed E-state index contributed by atoms with van der Waals surface area (Å²) in [6, 6.07) is 53.9. The van der Waals surface area contributed by atoms with Crippen LogP contribution in [0.5, 0.6) is 0 Å². The average Bonchev–Trinajstić information content (AvgIpc) is 3.87. The lowest BCUT2D eigenvalue weighted by atomic mass is 10.1. The number of hydrogen-bond donors (Lipinski definition) is 0. The third-order valence-corrected chi connectivity index (χ3v) is 9.87. The third kappa shape index (κ3) is 4.20. The number of furan rings is 2. The molecule has 7 aromatic carbocycles. The SMILES string of the molecule is c1ccc(-n2c3ccccc3c3cccc(-c4nc(-c5ccc6c(c5)oc5ccccc56)nc(-c5cccc6c5oc5ccccc56)n4)c32)cc1. The lowest BCUT2D eigenvalue weighted by molar-refractivity contribution is 0.668. The highest BCUT2D eigenvalue weighted by Gasteiger charge is 2.22. The summed E-state index contributed by atoms with van der Waals surface area (Å²) in [5, 5.41) is 6.48. The standard InChI is InChI=1S/C45H26N4O2/c1-2-12-28(13-3-1)49-37-21-7-4-14-29(37)33-17-10-19-35(41(33)49)44-46-43(27-24-25-32-30-15-5-8-22-38(30)50-40(32)26-27)47-45(48-44)36-20-11-18-34-31-16-6-9-23-39(31)51-42(34)36/h1-26H. The fourth-order valence-electron chi connectivity index (χ4n) is 7.58. The van der Waals surface area contributed by atoms with E-state index in [1.165, 1.54) is 0 Å². The van der Waals surface area contributed by atoms with Crippen LogP contribution in [0.25, 0.3) is 106 Å². The van der Waals surface area contributed by atoms with Crippen LogP contribution >= 0.6 is 0 Å². The van der Waals surface area contributed by atoms with E-state index in [0.29, 0.717) is 17.5 Å². The summed E-state index contributed by atoms with van der Waals surface area (Å²) >= 11 is 0. The van der Waals surface area contributed by atoms with E-state index < -0.39 is 0 Å². The van der Waals surface area contributed by atoms with E-state index in [1.807, 2.05) is 60.7 Å². The van der Waals surface area contributed by atoms with Gasteiger partial charge in [0.15, 0.2) is 17.5 Å². The Hall–Kier alpha value is -7.05. The van der Waals surface area contributed by atoms with Gasteiger partial charge < -0.3 is 13.4 Å². The molecule has 0 bridgehead atoms. The molecule has 0 saturated heterocycles. The molecule has 0 saturated carbocycles. The van der Waals surface area contributed by atoms with E-state index in [2.05, 4.69) is 102 Å². The second kappa shape index (κ2) is 10.7. The quantitative estimate of drug-likeness (QED) is 0.189. The van der Waals surface area contributed by atoms with E-state index >= 15 is 0 Å². The molecule has 4 heterocycles. The van der Waals surface area contributed by atoms with Crippen LogP contribution in [0.3, 0.4) is 0 Å². The van der Waals surface area contributed by atoms with Crippen molar-refractivity contribution < 1.29 is 8.83 Å². The summed E-state index contributed by atoms with van der Waals surface area (Å²) in [4.78, 5) is 15.6. The highest BCUT2D eigenvalue weighted by molar-refractivity contribution is 6.14. The van der Waals surface area contributed by atoms with Crippen LogP contribution < -0.4 is 0 Å². The lowest BCUT2D eigenvalue weighted by Gasteiger charge is -2.12. The van der Waals surface area contributed by atoms with Gasteiger partial charge in [-0.15, -0.1) is 0 Å². The predicted molar refractivity (Wildman–Crippen MR) is 205 cm³/mol. The molecule has 0 fully saturated rings. The van der Waals surface area contributed by atoms with Gasteiger partial charge in [-0.2, -0.15) is 0 Å². The third-order valence-electron chi connectivity index (χ3n) is 9.87. The summed E-state index contributed by atoms with van der Waals surface area (Å²) < 4.78 is 15.1. The molecule has 0 aliphatic carbocycles. The molecule has 0 aliphatic heterocycles. The molecule has 0 N–H and O–H groups in total. The van der Waals surface area contributed by atoms with Gasteiger partial charge >= 0.3 is 0 Å². The Morgan fingerprint density at radius 2 is 0.980 bits per heavy atom. The molecule has 0 radical (unpaired) electrons. The molecule has 0 aliphatic rings. The summed E-state index contributed by atoms with van der Waals surface area (Å²) in [7, 11) is 0. The number of benzene rings is 7. The maximum absolute atomic E-state index is 6.49. The Labute approximate surface area is 290 Å². The number of aromatic nitrogens is 4. The second-order valence-electron chi connectivity index (χ2n) is 12.8. The summed E-state index contributed by atoms with van der Waals surface area (Å²) in [5.41, 5.74) is 8.93. The van der Waals surface area contributed by atoms with E-state index in [9.17, 15) is 0 Å². The number of para-hydroxylation sites is 6. The van der Waals surface area contributed by atoms with E-state index in [1.54, 1.807) is 0 Å². The summed E-state index contributed by atoms with van der Waals surface area (Å²) in [6.07, 6.45) is 0. The molecule has 4 aromatic heterocycles. The highest BCUT2D eigenvalue weighted by atomic mass is 16.3. The van der Waals surface area contributed by atoms with Crippen molar-refractivity contribution in [2.75, 3.05) is 0 Å². The van der Waals surface area contributed by atoms with Gasteiger partial charge in [-0.1, -0.05) is 103 Å². The first-order chi connectivity index (χ1) is 25.3. The molecule has 11 rings (SSSR count). The van der Waals surface area contributed by atoms with Crippen molar-refractivity contribution in [1.29, 1.82) is 0 Å². The Balaban J connectivity index is 1.22. The topological polar surface area (TPSA) is 69.9 Å². The second-order valence-corrected chi connectivity index (χ2v) is 12.8. The maximum atomic E-state index is 6.49. The van der Waals surface area contributed by atoms with Crippen molar-refractivity contribution in [1.82, 2.24) is 19.5 Å². The van der Waals surface area contributed by atoms with Gasteiger partial charge in [-0.05, 0) is 54.6 Å². The first-order valence-corrected chi connectivity index (χ1v) is 16.9. The number of fused-ring (bicyclic) bond motifs is 9. The minimum atomic E-state index is 0.531. The van der Waals surface area contributed by atoms with Crippen molar-refractivity contribution in [3.63, 3.8) is 0 Å². The fourth-order valence-corrected chi connectivity index (χ4v) is 7.58. The zero-order valence-corrected chi connectivity index (χ0v) is 27.1. The van der Waals surface area contributed by atoms with Crippen molar-refractivity contribution in [2.45, 2.75) is 0 Å². The zero-order valence-electron chi connectivity index (χ0n) is 27.1. The van der Waals surface area contributed by atoms with Gasteiger partial charge in [0.2, 0.25) is 0 Å². The molecule has 11 aromatic rings. The van der Waals surface area contributed by atoms with Gasteiger partial charge in [0.25, 0.3) is 0 Å². The highest BCUT2D eigenvalue weighted by Crippen LogP contribution is 2.40. The molecule has 51 heavy (non-hydrogen) atoms. The first kappa shape index (κ1) is 27.9. The van der Waals surface area contributed by atoms with Gasteiger partial charge in [-0.3, -0.25) is 0 Å². The summed E-state index contributed by atoms with van der Waals surface area (Å²) in [6.45, 7) is 0. The van der Waals surface area contributed by atoms with Crippen LogP contribution in [0.2, 0.25) is 0 Å². The molecular formula is C45H26N4O2. The lowest BCUT2D eigenvalue weighted by Crippen LogP contribution is -2.02. The largest absolute Gasteiger partial charge is 0.456 e. The molecule has 0 spiro atoms. The number of nitrogens with zero attached hydrogens (tertiary/aromatic N) is 4. The van der Waals surface area contributed by atoms with Crippen molar-refractivity contribution in [2.24, 2.45) is 0 Å². The van der Waals surface area contributed by atoms with Crippen molar-refractivity contribution in [3.8, 4) is 39.9 Å². The molecule has 0 atom stereocenters. The van der Waals surface area contributed by atoms with Crippen LogP contribution in [-0.2, 0) is 0 Å². The van der Waals surface area contributed by atoms with Crippen LogP contribution in [-0.4, -0.2) is 19.5 Å².